The molecule has 6 heteroatoms. The van der Waals surface area contributed by atoms with Gasteiger partial charge in [-0.1, -0.05) is 0 Å². The van der Waals surface area contributed by atoms with Crippen molar-refractivity contribution in [3.05, 3.63) is 29.7 Å². The summed E-state index contributed by atoms with van der Waals surface area (Å²) in [6.45, 7) is 5.98. The summed E-state index contributed by atoms with van der Waals surface area (Å²) in [7, 11) is 0. The van der Waals surface area contributed by atoms with E-state index in [4.69, 9.17) is 0 Å². The average molecular weight is 258 g/mol. The smallest absolute Gasteiger partial charge is 0.150 e. The highest BCUT2D eigenvalue weighted by Crippen LogP contribution is 2.28. The molecule has 100 valence electrons. The van der Waals surface area contributed by atoms with Gasteiger partial charge in [0.25, 0.3) is 0 Å². The summed E-state index contributed by atoms with van der Waals surface area (Å²) in [6, 6.07) is 0. The van der Waals surface area contributed by atoms with E-state index >= 15 is 0 Å². The van der Waals surface area contributed by atoms with Crippen molar-refractivity contribution in [2.45, 2.75) is 32.6 Å². The van der Waals surface area contributed by atoms with Crippen LogP contribution < -0.4 is 4.90 Å². The summed E-state index contributed by atoms with van der Waals surface area (Å²) in [5.41, 5.74) is 1.97. The number of aromatic amines is 1. The first kappa shape index (κ1) is 12.1. The number of hydrogen-bond donors (Lipinski definition) is 1. The summed E-state index contributed by atoms with van der Waals surface area (Å²) in [4.78, 5) is 15.6. The normalized spacial score (nSPS) is 16.8. The number of hydrogen-bond acceptors (Lipinski definition) is 5. The monoisotopic (exact) mass is 258 g/mol. The Kier molecular flexibility index (Phi) is 3.15. The van der Waals surface area contributed by atoms with Crippen molar-refractivity contribution < 1.29 is 0 Å². The van der Waals surface area contributed by atoms with E-state index < -0.39 is 0 Å². The van der Waals surface area contributed by atoms with Gasteiger partial charge in [-0.2, -0.15) is 5.10 Å². The molecule has 0 aliphatic carbocycles. The van der Waals surface area contributed by atoms with E-state index in [1.54, 1.807) is 6.33 Å². The molecule has 6 nitrogen and oxygen atoms in total. The highest BCUT2D eigenvalue weighted by atomic mass is 15.2. The molecule has 3 heterocycles. The van der Waals surface area contributed by atoms with Gasteiger partial charge in [0.1, 0.15) is 18.0 Å². The first-order chi connectivity index (χ1) is 9.24. The second-order valence-electron chi connectivity index (χ2n) is 5.05. The Morgan fingerprint density at radius 2 is 2.00 bits per heavy atom. The second kappa shape index (κ2) is 4.95. The van der Waals surface area contributed by atoms with Gasteiger partial charge in [-0.25, -0.2) is 9.97 Å². The van der Waals surface area contributed by atoms with Gasteiger partial charge in [-0.3, -0.25) is 10.1 Å². The Labute approximate surface area is 112 Å². The predicted molar refractivity (Wildman–Crippen MR) is 72.1 cm³/mol. The summed E-state index contributed by atoms with van der Waals surface area (Å²) in [5.74, 6) is 2.51. The Morgan fingerprint density at radius 3 is 2.68 bits per heavy atom. The number of aryl methyl sites for hydroxylation is 2. The first-order valence-corrected chi connectivity index (χ1v) is 6.64. The lowest BCUT2D eigenvalue weighted by Crippen LogP contribution is -2.34. The third-order valence-electron chi connectivity index (χ3n) is 3.67. The number of anilines is 1. The molecule has 1 N–H and O–H groups in total. The van der Waals surface area contributed by atoms with Gasteiger partial charge in [0.15, 0.2) is 0 Å². The molecule has 2 aromatic rings. The minimum Gasteiger partial charge on any atom is -0.355 e. The van der Waals surface area contributed by atoms with E-state index in [1.807, 2.05) is 20.0 Å². The zero-order chi connectivity index (χ0) is 13.2. The minimum atomic E-state index is 0.483. The Hall–Kier alpha value is -1.98. The van der Waals surface area contributed by atoms with E-state index in [-0.39, 0.29) is 0 Å². The first-order valence-electron chi connectivity index (χ1n) is 6.64. The standard InChI is InChI=1S/C13H18N6/c1-9-7-14-10(2)13(17-9)19-5-3-11(4-6-19)12-15-8-16-18-12/h7-8,11H,3-6H2,1-2H3,(H,15,16,18). The Morgan fingerprint density at radius 1 is 1.21 bits per heavy atom. The van der Waals surface area contributed by atoms with Crippen LogP contribution >= 0.6 is 0 Å². The molecule has 0 saturated carbocycles. The quantitative estimate of drug-likeness (QED) is 0.885. The number of rotatable bonds is 2. The molecule has 0 atom stereocenters. The van der Waals surface area contributed by atoms with E-state index in [1.165, 1.54) is 0 Å². The molecule has 0 amide bonds. The molecule has 1 aliphatic rings. The van der Waals surface area contributed by atoms with Crippen molar-refractivity contribution >= 4 is 5.82 Å². The molecule has 0 aromatic carbocycles. The summed E-state index contributed by atoms with van der Waals surface area (Å²) in [5, 5.41) is 6.90. The van der Waals surface area contributed by atoms with Crippen LogP contribution in [0.4, 0.5) is 5.82 Å². The van der Waals surface area contributed by atoms with Crippen molar-refractivity contribution in [1.29, 1.82) is 0 Å². The summed E-state index contributed by atoms with van der Waals surface area (Å²) in [6.07, 6.45) is 5.55. The molecule has 1 fully saturated rings. The van der Waals surface area contributed by atoms with Crippen LogP contribution in [0.25, 0.3) is 0 Å². The number of H-pyrrole nitrogens is 1. The third-order valence-corrected chi connectivity index (χ3v) is 3.67. The van der Waals surface area contributed by atoms with E-state index in [0.717, 1.165) is 49.0 Å². The largest absolute Gasteiger partial charge is 0.355 e. The van der Waals surface area contributed by atoms with E-state index in [9.17, 15) is 0 Å². The van der Waals surface area contributed by atoms with Crippen LogP contribution in [0.3, 0.4) is 0 Å². The van der Waals surface area contributed by atoms with Gasteiger partial charge in [0.05, 0.1) is 11.4 Å². The molecule has 0 unspecified atom stereocenters. The van der Waals surface area contributed by atoms with Crippen molar-refractivity contribution in [2.24, 2.45) is 0 Å². The lowest BCUT2D eigenvalue weighted by molar-refractivity contribution is 0.483. The topological polar surface area (TPSA) is 70.6 Å². The van der Waals surface area contributed by atoms with Crippen molar-refractivity contribution in [3.63, 3.8) is 0 Å². The molecule has 0 radical (unpaired) electrons. The molecule has 0 spiro atoms. The van der Waals surface area contributed by atoms with Crippen molar-refractivity contribution in [3.8, 4) is 0 Å². The lowest BCUT2D eigenvalue weighted by atomic mass is 9.96. The molecule has 19 heavy (non-hydrogen) atoms. The maximum Gasteiger partial charge on any atom is 0.150 e. The van der Waals surface area contributed by atoms with Crippen LogP contribution in [0.15, 0.2) is 12.5 Å². The van der Waals surface area contributed by atoms with Crippen LogP contribution in [0.1, 0.15) is 36.0 Å². The zero-order valence-electron chi connectivity index (χ0n) is 11.3. The van der Waals surface area contributed by atoms with Gasteiger partial charge in [0, 0.05) is 25.2 Å². The second-order valence-corrected chi connectivity index (χ2v) is 5.05. The van der Waals surface area contributed by atoms with Crippen LogP contribution in [0.5, 0.6) is 0 Å². The molecule has 1 aliphatic heterocycles. The fourth-order valence-corrected chi connectivity index (χ4v) is 2.60. The fourth-order valence-electron chi connectivity index (χ4n) is 2.60. The van der Waals surface area contributed by atoms with Crippen molar-refractivity contribution in [1.82, 2.24) is 25.1 Å². The Balaban J connectivity index is 1.71. The molecule has 2 aromatic heterocycles. The SMILES string of the molecule is Cc1cnc(C)c(N2CCC(c3ncn[nH]3)CC2)n1. The zero-order valence-corrected chi connectivity index (χ0v) is 11.3. The predicted octanol–water partition coefficient (Wildman–Crippen LogP) is 1.60. The average Bonchev–Trinajstić information content (AvgIpc) is 2.96. The summed E-state index contributed by atoms with van der Waals surface area (Å²) < 4.78 is 0. The van der Waals surface area contributed by atoms with E-state index in [0.29, 0.717) is 5.92 Å². The van der Waals surface area contributed by atoms with Crippen LogP contribution in [0.2, 0.25) is 0 Å². The van der Waals surface area contributed by atoms with Gasteiger partial charge < -0.3 is 4.90 Å². The number of nitrogens with zero attached hydrogens (tertiary/aromatic N) is 5. The maximum absolute atomic E-state index is 4.61. The number of nitrogens with one attached hydrogen (secondary N) is 1. The van der Waals surface area contributed by atoms with Crippen LogP contribution in [-0.2, 0) is 0 Å². The molecular formula is C13H18N6. The maximum atomic E-state index is 4.61. The molecule has 1 saturated heterocycles. The Bertz CT molecular complexity index is 542. The molecule has 0 bridgehead atoms. The fraction of sp³-hybridized carbons (Fsp3) is 0.538. The summed E-state index contributed by atoms with van der Waals surface area (Å²) >= 11 is 0. The van der Waals surface area contributed by atoms with Gasteiger partial charge >= 0.3 is 0 Å². The highest BCUT2D eigenvalue weighted by Gasteiger charge is 2.24. The number of piperidine rings is 1. The minimum absolute atomic E-state index is 0.483. The van der Waals surface area contributed by atoms with E-state index in [2.05, 4.69) is 30.0 Å². The van der Waals surface area contributed by atoms with Gasteiger partial charge in [-0.15, -0.1) is 0 Å². The number of aromatic nitrogens is 5. The highest BCUT2D eigenvalue weighted by molar-refractivity contribution is 5.43. The van der Waals surface area contributed by atoms with Gasteiger partial charge in [0.2, 0.25) is 0 Å². The van der Waals surface area contributed by atoms with Crippen molar-refractivity contribution in [2.75, 3.05) is 18.0 Å². The van der Waals surface area contributed by atoms with Crippen LogP contribution in [-0.4, -0.2) is 38.2 Å². The molecular weight excluding hydrogens is 240 g/mol. The van der Waals surface area contributed by atoms with Gasteiger partial charge in [-0.05, 0) is 26.7 Å². The lowest BCUT2D eigenvalue weighted by Gasteiger charge is -2.32. The van der Waals surface area contributed by atoms with Crippen LogP contribution in [0, 0.1) is 13.8 Å². The molecule has 3 rings (SSSR count). The third kappa shape index (κ3) is 2.43.